The first-order valence-electron chi connectivity index (χ1n) is 5.95. The van der Waals surface area contributed by atoms with Crippen molar-refractivity contribution in [1.82, 2.24) is 24.3 Å². The smallest absolute Gasteiger partial charge is 0.179 e. The van der Waals surface area contributed by atoms with Gasteiger partial charge >= 0.3 is 0 Å². The van der Waals surface area contributed by atoms with Crippen LogP contribution < -0.4 is 0 Å². The van der Waals surface area contributed by atoms with Crippen LogP contribution in [0.1, 0.15) is 6.42 Å². The molecule has 0 saturated carbocycles. The number of nitrogens with zero attached hydrogens (tertiary/aromatic N) is 4. The number of rotatable bonds is 4. The number of aromatic nitrogens is 5. The molecule has 19 heavy (non-hydrogen) atoms. The maximum Gasteiger partial charge on any atom is 0.179 e. The van der Waals surface area contributed by atoms with Gasteiger partial charge in [0, 0.05) is 31.7 Å². The zero-order chi connectivity index (χ0) is 13.2. The van der Waals surface area contributed by atoms with E-state index in [9.17, 15) is 0 Å². The molecule has 0 aromatic carbocycles. The summed E-state index contributed by atoms with van der Waals surface area (Å²) in [5.41, 5.74) is 1.71. The van der Waals surface area contributed by atoms with Crippen molar-refractivity contribution in [2.75, 3.05) is 0 Å². The Morgan fingerprint density at radius 1 is 1.37 bits per heavy atom. The number of aryl methyl sites for hydroxylation is 2. The molecule has 7 heteroatoms. The molecule has 0 amide bonds. The summed E-state index contributed by atoms with van der Waals surface area (Å²) in [6.07, 6.45) is 6.30. The van der Waals surface area contributed by atoms with Crippen LogP contribution in [-0.2, 0) is 13.1 Å². The van der Waals surface area contributed by atoms with Gasteiger partial charge < -0.3 is 9.55 Å². The van der Waals surface area contributed by atoms with Crippen LogP contribution in [0, 0.1) is 4.77 Å². The Labute approximate surface area is 119 Å². The highest BCUT2D eigenvalue weighted by molar-refractivity contribution is 7.71. The second-order valence-electron chi connectivity index (χ2n) is 4.23. The number of halogens is 1. The molecule has 98 valence electrons. The molecule has 1 N–H and O–H groups in total. The first kappa shape index (κ1) is 12.4. The minimum Gasteiger partial charge on any atom is -0.329 e. The van der Waals surface area contributed by atoms with E-state index in [2.05, 4.69) is 15.1 Å². The van der Waals surface area contributed by atoms with Crippen molar-refractivity contribution in [2.45, 2.75) is 19.5 Å². The van der Waals surface area contributed by atoms with Crippen molar-refractivity contribution in [1.29, 1.82) is 0 Å². The van der Waals surface area contributed by atoms with Crippen LogP contribution in [0.5, 0.6) is 0 Å². The average Bonchev–Trinajstić information content (AvgIpc) is 2.98. The second kappa shape index (κ2) is 5.14. The predicted molar refractivity (Wildman–Crippen MR) is 76.8 cm³/mol. The highest BCUT2D eigenvalue weighted by atomic mass is 35.5. The van der Waals surface area contributed by atoms with Crippen LogP contribution in [-0.4, -0.2) is 24.3 Å². The molecule has 0 aliphatic heterocycles. The maximum absolute atomic E-state index is 5.91. The number of hydrogen-bond acceptors (Lipinski definition) is 3. The Hall–Kier alpha value is -1.66. The van der Waals surface area contributed by atoms with Crippen LogP contribution in [0.4, 0.5) is 0 Å². The number of H-pyrrole nitrogens is 1. The predicted octanol–water partition coefficient (Wildman–Crippen LogP) is 3.03. The van der Waals surface area contributed by atoms with E-state index in [1.807, 2.05) is 27.6 Å². The lowest BCUT2D eigenvalue weighted by Gasteiger charge is -2.04. The molecule has 0 atom stereocenters. The third-order valence-corrected chi connectivity index (χ3v) is 3.43. The van der Waals surface area contributed by atoms with E-state index in [0.717, 1.165) is 30.7 Å². The van der Waals surface area contributed by atoms with Gasteiger partial charge in [0.1, 0.15) is 0 Å². The number of aromatic amines is 1. The Morgan fingerprint density at radius 2 is 2.26 bits per heavy atom. The number of nitrogens with one attached hydrogen (secondary N) is 1. The molecule has 3 aromatic rings. The minimum atomic E-state index is 0.604. The lowest BCUT2D eigenvalue weighted by molar-refractivity contribution is 0.529. The van der Waals surface area contributed by atoms with E-state index in [1.54, 1.807) is 12.4 Å². The largest absolute Gasteiger partial charge is 0.329 e. The molecule has 0 saturated heterocycles. The van der Waals surface area contributed by atoms with Crippen LogP contribution >= 0.6 is 23.8 Å². The van der Waals surface area contributed by atoms with Gasteiger partial charge in [-0.05, 0) is 30.8 Å². The normalized spacial score (nSPS) is 11.2. The molecular weight excluding hydrogens is 282 g/mol. The molecule has 0 spiro atoms. The standard InChI is InChI=1S/C12H12ClN5S/c13-9-7-10-11(14-8-9)18(12(19)16-10)6-2-5-17-4-1-3-15-17/h1,3-4,7-8H,2,5-6H2,(H,16,19). The van der Waals surface area contributed by atoms with Gasteiger partial charge in [-0.25, -0.2) is 4.98 Å². The van der Waals surface area contributed by atoms with E-state index in [0.29, 0.717) is 9.79 Å². The zero-order valence-electron chi connectivity index (χ0n) is 10.1. The van der Waals surface area contributed by atoms with Crippen LogP contribution in [0.15, 0.2) is 30.7 Å². The third kappa shape index (κ3) is 2.54. The average molecular weight is 294 g/mol. The van der Waals surface area contributed by atoms with Gasteiger partial charge in [0.25, 0.3) is 0 Å². The molecular formula is C12H12ClN5S. The Bertz CT molecular complexity index is 743. The molecule has 0 aliphatic carbocycles. The summed E-state index contributed by atoms with van der Waals surface area (Å²) in [7, 11) is 0. The van der Waals surface area contributed by atoms with Gasteiger partial charge in [0.05, 0.1) is 10.5 Å². The highest BCUT2D eigenvalue weighted by Crippen LogP contribution is 2.16. The summed E-state index contributed by atoms with van der Waals surface area (Å²) >= 11 is 11.2. The molecule has 5 nitrogen and oxygen atoms in total. The van der Waals surface area contributed by atoms with Crippen molar-refractivity contribution in [3.8, 4) is 0 Å². The number of pyridine rings is 1. The van der Waals surface area contributed by atoms with Crippen LogP contribution in [0.25, 0.3) is 11.2 Å². The van der Waals surface area contributed by atoms with Gasteiger partial charge in [0.15, 0.2) is 10.4 Å². The van der Waals surface area contributed by atoms with Gasteiger partial charge in [0.2, 0.25) is 0 Å². The van der Waals surface area contributed by atoms with Crippen LogP contribution in [0.2, 0.25) is 5.02 Å². The molecule has 3 rings (SSSR count). The summed E-state index contributed by atoms with van der Waals surface area (Å²) in [6, 6.07) is 3.75. The van der Waals surface area contributed by atoms with E-state index in [-0.39, 0.29) is 0 Å². The summed E-state index contributed by atoms with van der Waals surface area (Å²) in [5.74, 6) is 0. The third-order valence-electron chi connectivity index (χ3n) is 2.90. The molecule has 0 fully saturated rings. The molecule has 0 radical (unpaired) electrons. The maximum atomic E-state index is 5.91. The molecule has 0 bridgehead atoms. The summed E-state index contributed by atoms with van der Waals surface area (Å²) in [4.78, 5) is 7.45. The minimum absolute atomic E-state index is 0.604. The number of fused-ring (bicyclic) bond motifs is 1. The molecule has 3 heterocycles. The van der Waals surface area contributed by atoms with Gasteiger partial charge in [-0.15, -0.1) is 0 Å². The zero-order valence-corrected chi connectivity index (χ0v) is 11.7. The Kier molecular flexibility index (Phi) is 3.35. The fraction of sp³-hybridized carbons (Fsp3) is 0.250. The highest BCUT2D eigenvalue weighted by Gasteiger charge is 2.06. The summed E-state index contributed by atoms with van der Waals surface area (Å²) < 4.78 is 4.57. The Morgan fingerprint density at radius 3 is 3.05 bits per heavy atom. The van der Waals surface area contributed by atoms with E-state index in [1.165, 1.54) is 0 Å². The van der Waals surface area contributed by atoms with Crippen molar-refractivity contribution in [3.05, 3.63) is 40.5 Å². The monoisotopic (exact) mass is 293 g/mol. The summed E-state index contributed by atoms with van der Waals surface area (Å²) in [6.45, 7) is 1.66. The fourth-order valence-electron chi connectivity index (χ4n) is 2.05. The van der Waals surface area contributed by atoms with Gasteiger partial charge in [-0.1, -0.05) is 11.6 Å². The molecule has 0 aliphatic rings. The second-order valence-corrected chi connectivity index (χ2v) is 5.05. The Balaban J connectivity index is 1.80. The van der Waals surface area contributed by atoms with E-state index in [4.69, 9.17) is 23.8 Å². The van der Waals surface area contributed by atoms with Gasteiger partial charge in [-0.2, -0.15) is 5.10 Å². The fourth-order valence-corrected chi connectivity index (χ4v) is 2.49. The van der Waals surface area contributed by atoms with Crippen LogP contribution in [0.3, 0.4) is 0 Å². The first-order valence-corrected chi connectivity index (χ1v) is 6.74. The van der Waals surface area contributed by atoms with Crippen molar-refractivity contribution >= 4 is 35.0 Å². The number of imidazole rings is 1. The molecule has 3 aromatic heterocycles. The van der Waals surface area contributed by atoms with Crippen molar-refractivity contribution in [2.24, 2.45) is 0 Å². The molecule has 0 unspecified atom stereocenters. The topological polar surface area (TPSA) is 51.4 Å². The SMILES string of the molecule is S=c1[nH]c2cc(Cl)cnc2n1CCCn1cccn1. The number of hydrogen-bond donors (Lipinski definition) is 1. The van der Waals surface area contributed by atoms with Crippen molar-refractivity contribution in [3.63, 3.8) is 0 Å². The van der Waals surface area contributed by atoms with E-state index < -0.39 is 0 Å². The summed E-state index contributed by atoms with van der Waals surface area (Å²) in [5, 5.41) is 4.78. The van der Waals surface area contributed by atoms with E-state index >= 15 is 0 Å². The quantitative estimate of drug-likeness (QED) is 0.752. The lowest BCUT2D eigenvalue weighted by Crippen LogP contribution is -2.05. The van der Waals surface area contributed by atoms with Crippen molar-refractivity contribution < 1.29 is 0 Å². The van der Waals surface area contributed by atoms with Gasteiger partial charge in [-0.3, -0.25) is 4.68 Å². The lowest BCUT2D eigenvalue weighted by atomic mass is 10.4. The first-order chi connectivity index (χ1) is 9.24.